The van der Waals surface area contributed by atoms with Crippen molar-refractivity contribution in [2.24, 2.45) is 0 Å². The molecule has 2 aromatic carbocycles. The highest BCUT2D eigenvalue weighted by Gasteiger charge is 2.08. The van der Waals surface area contributed by atoms with Crippen LogP contribution in [0.4, 0.5) is 0 Å². The number of hydrogen-bond donors (Lipinski definition) is 1. The summed E-state index contributed by atoms with van der Waals surface area (Å²) >= 11 is 0. The van der Waals surface area contributed by atoms with Crippen molar-refractivity contribution in [3.05, 3.63) is 42.0 Å². The van der Waals surface area contributed by atoms with Crippen molar-refractivity contribution in [2.45, 2.75) is 6.42 Å². The number of methoxy groups -OCH3 is 1. The van der Waals surface area contributed by atoms with Gasteiger partial charge in [-0.3, -0.25) is 9.00 Å². The molecule has 4 nitrogen and oxygen atoms in total. The SMILES string of the molecule is COc1ccc2cccc(CC(=O)NCCS(C)=O)c2c1. The molecule has 0 saturated heterocycles. The molecule has 0 heterocycles. The van der Waals surface area contributed by atoms with Crippen LogP contribution in [0.2, 0.25) is 0 Å². The molecule has 0 aliphatic carbocycles. The number of rotatable bonds is 6. The molecular formula is C16H19NO3S. The minimum atomic E-state index is -0.886. The van der Waals surface area contributed by atoms with Crippen LogP contribution in [-0.2, 0) is 22.0 Å². The average molecular weight is 305 g/mol. The Morgan fingerprint density at radius 3 is 2.81 bits per heavy atom. The van der Waals surface area contributed by atoms with Crippen LogP contribution in [0, 0.1) is 0 Å². The van der Waals surface area contributed by atoms with Gasteiger partial charge in [0.15, 0.2) is 0 Å². The van der Waals surface area contributed by atoms with Crippen molar-refractivity contribution in [1.29, 1.82) is 0 Å². The number of carbonyl (C=O) groups is 1. The topological polar surface area (TPSA) is 55.4 Å². The lowest BCUT2D eigenvalue weighted by Gasteiger charge is -2.09. The Kier molecular flexibility index (Phi) is 5.33. The number of benzene rings is 2. The number of fused-ring (bicyclic) bond motifs is 1. The molecule has 21 heavy (non-hydrogen) atoms. The Morgan fingerprint density at radius 2 is 2.10 bits per heavy atom. The summed E-state index contributed by atoms with van der Waals surface area (Å²) in [4.78, 5) is 12.0. The molecule has 0 aliphatic rings. The van der Waals surface area contributed by atoms with Gasteiger partial charge < -0.3 is 10.1 Å². The molecule has 1 atom stereocenters. The van der Waals surface area contributed by atoms with Crippen LogP contribution in [0.5, 0.6) is 5.75 Å². The first-order chi connectivity index (χ1) is 10.1. The van der Waals surface area contributed by atoms with Crippen molar-refractivity contribution < 1.29 is 13.7 Å². The number of carbonyl (C=O) groups excluding carboxylic acids is 1. The molecule has 0 saturated carbocycles. The molecule has 0 fully saturated rings. The number of hydrogen-bond acceptors (Lipinski definition) is 3. The third-order valence-corrected chi connectivity index (χ3v) is 4.02. The fourth-order valence-corrected chi connectivity index (χ4v) is 2.56. The van der Waals surface area contributed by atoms with E-state index in [4.69, 9.17) is 4.74 Å². The van der Waals surface area contributed by atoms with Gasteiger partial charge in [0.05, 0.1) is 13.5 Å². The van der Waals surface area contributed by atoms with Gasteiger partial charge in [-0.25, -0.2) is 0 Å². The van der Waals surface area contributed by atoms with E-state index in [1.165, 1.54) is 0 Å². The van der Waals surface area contributed by atoms with Crippen LogP contribution in [0.25, 0.3) is 10.8 Å². The monoisotopic (exact) mass is 305 g/mol. The van der Waals surface area contributed by atoms with Crippen LogP contribution < -0.4 is 10.1 Å². The molecule has 0 spiro atoms. The van der Waals surface area contributed by atoms with E-state index in [0.717, 1.165) is 22.1 Å². The van der Waals surface area contributed by atoms with Gasteiger partial charge >= 0.3 is 0 Å². The Morgan fingerprint density at radius 1 is 1.29 bits per heavy atom. The standard InChI is InChI=1S/C16H19NO3S/c1-20-14-7-6-12-4-3-5-13(15(12)11-14)10-16(18)17-8-9-21(2)19/h3-7,11H,8-10H2,1-2H3,(H,17,18). The average Bonchev–Trinajstić information content (AvgIpc) is 2.46. The van der Waals surface area contributed by atoms with Gasteiger partial charge in [-0.05, 0) is 28.5 Å². The molecule has 0 aliphatic heterocycles. The third kappa shape index (κ3) is 4.29. The van der Waals surface area contributed by atoms with Crippen LogP contribution >= 0.6 is 0 Å². The molecule has 5 heteroatoms. The minimum Gasteiger partial charge on any atom is -0.497 e. The van der Waals surface area contributed by atoms with Crippen molar-refractivity contribution >= 4 is 27.5 Å². The third-order valence-electron chi connectivity index (χ3n) is 3.24. The van der Waals surface area contributed by atoms with Crippen LogP contribution in [-0.4, -0.2) is 35.8 Å². The van der Waals surface area contributed by atoms with Crippen LogP contribution in [0.1, 0.15) is 5.56 Å². The van der Waals surface area contributed by atoms with Gasteiger partial charge in [-0.15, -0.1) is 0 Å². The van der Waals surface area contributed by atoms with Crippen molar-refractivity contribution in [3.8, 4) is 5.75 Å². The molecule has 1 amide bonds. The highest BCUT2D eigenvalue weighted by molar-refractivity contribution is 7.84. The van der Waals surface area contributed by atoms with Crippen molar-refractivity contribution in [2.75, 3.05) is 25.7 Å². The summed E-state index contributed by atoms with van der Waals surface area (Å²) in [5.41, 5.74) is 0.960. The summed E-state index contributed by atoms with van der Waals surface area (Å²) in [6, 6.07) is 11.7. The maximum atomic E-state index is 12.0. The predicted molar refractivity (Wildman–Crippen MR) is 86.1 cm³/mol. The zero-order valence-corrected chi connectivity index (χ0v) is 13.0. The summed E-state index contributed by atoms with van der Waals surface area (Å²) in [7, 11) is 0.740. The van der Waals surface area contributed by atoms with E-state index in [9.17, 15) is 9.00 Å². The van der Waals surface area contributed by atoms with Crippen molar-refractivity contribution in [1.82, 2.24) is 5.32 Å². The molecule has 2 rings (SSSR count). The second kappa shape index (κ2) is 7.22. The zero-order valence-electron chi connectivity index (χ0n) is 12.2. The lowest BCUT2D eigenvalue weighted by Crippen LogP contribution is -2.28. The maximum Gasteiger partial charge on any atom is 0.224 e. The van der Waals surface area contributed by atoms with Crippen LogP contribution in [0.3, 0.4) is 0 Å². The maximum absolute atomic E-state index is 12.0. The second-order valence-corrected chi connectivity index (χ2v) is 6.36. The van der Waals surface area contributed by atoms with Gasteiger partial charge in [0.1, 0.15) is 5.75 Å². The van der Waals surface area contributed by atoms with Crippen molar-refractivity contribution in [3.63, 3.8) is 0 Å². The van der Waals surface area contributed by atoms with Gasteiger partial charge in [-0.1, -0.05) is 24.3 Å². The van der Waals surface area contributed by atoms with Gasteiger partial charge in [0, 0.05) is 29.4 Å². The molecule has 1 unspecified atom stereocenters. The van der Waals surface area contributed by atoms with Gasteiger partial charge in [0.25, 0.3) is 0 Å². The first-order valence-electron chi connectivity index (χ1n) is 6.72. The van der Waals surface area contributed by atoms with E-state index < -0.39 is 10.8 Å². The highest BCUT2D eigenvalue weighted by Crippen LogP contribution is 2.24. The normalized spacial score (nSPS) is 12.1. The molecule has 1 N–H and O–H groups in total. The molecular weight excluding hydrogens is 286 g/mol. The van der Waals surface area contributed by atoms with E-state index in [1.807, 2.05) is 36.4 Å². The summed E-state index contributed by atoms with van der Waals surface area (Å²) in [5, 5.41) is 4.89. The summed E-state index contributed by atoms with van der Waals surface area (Å²) < 4.78 is 16.2. The molecule has 0 radical (unpaired) electrons. The van der Waals surface area contributed by atoms with Gasteiger partial charge in [0.2, 0.25) is 5.91 Å². The molecule has 2 aromatic rings. The number of nitrogens with one attached hydrogen (secondary N) is 1. The Balaban J connectivity index is 2.14. The highest BCUT2D eigenvalue weighted by atomic mass is 32.2. The first-order valence-corrected chi connectivity index (χ1v) is 8.45. The molecule has 112 valence electrons. The second-order valence-electron chi connectivity index (χ2n) is 4.81. The summed E-state index contributed by atoms with van der Waals surface area (Å²) in [5.74, 6) is 1.20. The summed E-state index contributed by atoms with van der Waals surface area (Å²) in [6.07, 6.45) is 1.93. The smallest absolute Gasteiger partial charge is 0.224 e. The van der Waals surface area contributed by atoms with Gasteiger partial charge in [-0.2, -0.15) is 0 Å². The molecule has 0 bridgehead atoms. The van der Waals surface area contributed by atoms with Crippen LogP contribution in [0.15, 0.2) is 36.4 Å². The van der Waals surface area contributed by atoms with E-state index in [-0.39, 0.29) is 5.91 Å². The van der Waals surface area contributed by atoms with E-state index >= 15 is 0 Å². The Bertz CT molecular complexity index is 670. The van der Waals surface area contributed by atoms with E-state index in [2.05, 4.69) is 5.32 Å². The number of amides is 1. The lowest BCUT2D eigenvalue weighted by molar-refractivity contribution is -0.120. The summed E-state index contributed by atoms with van der Waals surface area (Å²) in [6.45, 7) is 0.441. The first kappa shape index (κ1) is 15.5. The largest absolute Gasteiger partial charge is 0.497 e. The fourth-order valence-electron chi connectivity index (χ4n) is 2.17. The predicted octanol–water partition coefficient (Wildman–Crippen LogP) is 1.89. The Hall–Kier alpha value is -1.88. The lowest BCUT2D eigenvalue weighted by atomic mass is 10.0. The quantitative estimate of drug-likeness (QED) is 0.886. The Labute approximate surface area is 127 Å². The molecule has 0 aromatic heterocycles. The number of ether oxygens (including phenoxy) is 1. The van der Waals surface area contributed by atoms with E-state index in [0.29, 0.717) is 18.7 Å². The van der Waals surface area contributed by atoms with E-state index in [1.54, 1.807) is 13.4 Å². The zero-order chi connectivity index (χ0) is 15.2. The minimum absolute atomic E-state index is 0.0595. The fraction of sp³-hybridized carbons (Fsp3) is 0.312.